The Morgan fingerprint density at radius 2 is 1.85 bits per heavy atom. The van der Waals surface area contributed by atoms with E-state index in [0.717, 1.165) is 39.4 Å². The number of nitrogens with one attached hydrogen (secondary N) is 1. The van der Waals surface area contributed by atoms with Crippen molar-refractivity contribution in [3.8, 4) is 17.0 Å². The van der Waals surface area contributed by atoms with Crippen LogP contribution in [0.5, 0.6) is 5.75 Å². The van der Waals surface area contributed by atoms with Gasteiger partial charge in [-0.3, -0.25) is 4.99 Å². The molecule has 164 valence electrons. The molecule has 0 aliphatic carbocycles. The molecule has 3 aromatic carbocycles. The molecular formula is C26H20ClFN4O. The van der Waals surface area contributed by atoms with Gasteiger partial charge in [0.15, 0.2) is 0 Å². The van der Waals surface area contributed by atoms with E-state index in [1.54, 1.807) is 43.6 Å². The zero-order chi connectivity index (χ0) is 22.9. The first-order valence-corrected chi connectivity index (χ1v) is 10.8. The Balaban J connectivity index is 1.61. The number of methoxy groups -OCH3 is 1. The number of benzene rings is 3. The Bertz CT molecular complexity index is 1400. The second-order valence-electron chi connectivity index (χ2n) is 7.77. The van der Waals surface area contributed by atoms with E-state index >= 15 is 0 Å². The fraction of sp³-hybridized carbons (Fsp3) is 0.115. The first kappa shape index (κ1) is 21.1. The lowest BCUT2D eigenvalue weighted by Crippen LogP contribution is -2.07. The zero-order valence-corrected chi connectivity index (χ0v) is 18.8. The van der Waals surface area contributed by atoms with Crippen molar-refractivity contribution in [1.82, 2.24) is 9.97 Å². The summed E-state index contributed by atoms with van der Waals surface area (Å²) in [6.07, 6.45) is 1.75. The molecule has 0 bridgehead atoms. The fourth-order valence-corrected chi connectivity index (χ4v) is 4.11. The largest absolute Gasteiger partial charge is 0.497 e. The van der Waals surface area contributed by atoms with Crippen molar-refractivity contribution in [2.75, 3.05) is 12.4 Å². The molecule has 0 saturated heterocycles. The van der Waals surface area contributed by atoms with Gasteiger partial charge in [0.2, 0.25) is 5.95 Å². The van der Waals surface area contributed by atoms with Gasteiger partial charge < -0.3 is 10.1 Å². The van der Waals surface area contributed by atoms with Crippen LogP contribution in [0.15, 0.2) is 71.9 Å². The molecule has 5 nitrogen and oxygen atoms in total. The number of hydrogen-bond donors (Lipinski definition) is 1. The normalized spacial score (nSPS) is 12.3. The van der Waals surface area contributed by atoms with Gasteiger partial charge in [0, 0.05) is 45.2 Å². The van der Waals surface area contributed by atoms with Crippen LogP contribution >= 0.6 is 11.6 Å². The third-order valence-electron chi connectivity index (χ3n) is 5.44. The van der Waals surface area contributed by atoms with Crippen LogP contribution in [-0.4, -0.2) is 22.8 Å². The van der Waals surface area contributed by atoms with E-state index in [1.807, 2.05) is 31.2 Å². The molecule has 0 saturated carbocycles. The number of fused-ring (bicyclic) bond motifs is 3. The maximum absolute atomic E-state index is 14.7. The van der Waals surface area contributed by atoms with Crippen LogP contribution in [0.25, 0.3) is 11.3 Å². The van der Waals surface area contributed by atoms with Crippen LogP contribution < -0.4 is 10.1 Å². The Hall–Kier alpha value is -3.77. The molecule has 0 amide bonds. The molecule has 1 N–H and O–H groups in total. The summed E-state index contributed by atoms with van der Waals surface area (Å²) >= 11 is 6.33. The number of aryl methyl sites for hydroxylation is 1. The van der Waals surface area contributed by atoms with E-state index in [4.69, 9.17) is 26.3 Å². The first-order chi connectivity index (χ1) is 16.0. The van der Waals surface area contributed by atoms with Gasteiger partial charge in [0.1, 0.15) is 11.6 Å². The third-order valence-corrected chi connectivity index (χ3v) is 5.67. The van der Waals surface area contributed by atoms with Crippen LogP contribution in [0.4, 0.5) is 16.0 Å². The molecule has 0 unspecified atom stereocenters. The summed E-state index contributed by atoms with van der Waals surface area (Å²) in [6, 6.07) is 17.9. The standard InChI is InChI=1S/C26H20ClFN4O/c1-15-9-18(12-19(10-15)33-2)31-26-30-14-16-13-29-25(21-5-3-4-6-23(21)28)22-11-17(27)7-8-20(22)24(16)32-26/h3-12,14H,13H2,1-2H3,(H,30,31,32). The zero-order valence-electron chi connectivity index (χ0n) is 18.1. The van der Waals surface area contributed by atoms with Gasteiger partial charge >= 0.3 is 0 Å². The van der Waals surface area contributed by atoms with Gasteiger partial charge in [0.25, 0.3) is 0 Å². The number of halogens is 2. The van der Waals surface area contributed by atoms with Crippen LogP contribution in [-0.2, 0) is 6.54 Å². The van der Waals surface area contributed by atoms with Crippen molar-refractivity contribution in [2.45, 2.75) is 13.5 Å². The minimum atomic E-state index is -0.338. The maximum Gasteiger partial charge on any atom is 0.227 e. The molecule has 0 fully saturated rings. The Morgan fingerprint density at radius 3 is 2.67 bits per heavy atom. The molecule has 33 heavy (non-hydrogen) atoms. The van der Waals surface area contributed by atoms with Crippen molar-refractivity contribution in [1.29, 1.82) is 0 Å². The summed E-state index contributed by atoms with van der Waals surface area (Å²) in [4.78, 5) is 14.0. The first-order valence-electron chi connectivity index (χ1n) is 10.4. The second-order valence-corrected chi connectivity index (χ2v) is 8.20. The minimum Gasteiger partial charge on any atom is -0.497 e. The molecule has 4 aromatic rings. The van der Waals surface area contributed by atoms with Crippen LogP contribution in [0.2, 0.25) is 5.02 Å². The van der Waals surface area contributed by atoms with Gasteiger partial charge in [0.05, 0.1) is 25.1 Å². The highest BCUT2D eigenvalue weighted by Crippen LogP contribution is 2.34. The summed E-state index contributed by atoms with van der Waals surface area (Å²) < 4.78 is 20.0. The third kappa shape index (κ3) is 4.17. The molecular weight excluding hydrogens is 439 g/mol. The molecule has 1 aliphatic heterocycles. The number of nitrogens with zero attached hydrogens (tertiary/aromatic N) is 3. The number of anilines is 2. The topological polar surface area (TPSA) is 59.4 Å². The number of ether oxygens (including phenoxy) is 1. The van der Waals surface area contributed by atoms with Gasteiger partial charge in [-0.1, -0.05) is 29.8 Å². The minimum absolute atomic E-state index is 0.323. The summed E-state index contributed by atoms with van der Waals surface area (Å²) in [5, 5.41) is 3.80. The number of aliphatic imine (C=N–C) groups is 1. The predicted molar refractivity (Wildman–Crippen MR) is 129 cm³/mol. The van der Waals surface area contributed by atoms with Gasteiger partial charge in [-0.05, 0) is 48.9 Å². The lowest BCUT2D eigenvalue weighted by Gasteiger charge is -2.13. The van der Waals surface area contributed by atoms with Crippen molar-refractivity contribution in [2.24, 2.45) is 4.99 Å². The molecule has 7 heteroatoms. The number of rotatable bonds is 4. The summed E-state index contributed by atoms with van der Waals surface area (Å²) in [6.45, 7) is 2.32. The average molecular weight is 459 g/mol. The molecule has 0 spiro atoms. The van der Waals surface area contributed by atoms with Gasteiger partial charge in [-0.15, -0.1) is 0 Å². The van der Waals surface area contributed by atoms with E-state index in [2.05, 4.69) is 10.3 Å². The fourth-order valence-electron chi connectivity index (χ4n) is 3.93. The second kappa shape index (κ2) is 8.64. The van der Waals surface area contributed by atoms with E-state index in [-0.39, 0.29) is 5.82 Å². The molecule has 5 rings (SSSR count). The van der Waals surface area contributed by atoms with Crippen molar-refractivity contribution >= 4 is 28.9 Å². The van der Waals surface area contributed by atoms with E-state index in [1.165, 1.54) is 6.07 Å². The number of aromatic nitrogens is 2. The monoisotopic (exact) mass is 458 g/mol. The Morgan fingerprint density at radius 1 is 1.00 bits per heavy atom. The van der Waals surface area contributed by atoms with Crippen LogP contribution in [0.3, 0.4) is 0 Å². The lowest BCUT2D eigenvalue weighted by atomic mass is 9.95. The highest BCUT2D eigenvalue weighted by molar-refractivity contribution is 6.31. The average Bonchev–Trinajstić information content (AvgIpc) is 2.95. The summed E-state index contributed by atoms with van der Waals surface area (Å²) in [5.74, 6) is 0.849. The highest BCUT2D eigenvalue weighted by Gasteiger charge is 2.23. The highest BCUT2D eigenvalue weighted by atomic mass is 35.5. The quantitative estimate of drug-likeness (QED) is 0.387. The molecule has 1 aliphatic rings. The predicted octanol–water partition coefficient (Wildman–Crippen LogP) is 6.35. The van der Waals surface area contributed by atoms with Crippen LogP contribution in [0.1, 0.15) is 22.3 Å². The van der Waals surface area contributed by atoms with Gasteiger partial charge in [-0.2, -0.15) is 0 Å². The summed E-state index contributed by atoms with van der Waals surface area (Å²) in [5.41, 5.74) is 5.96. The summed E-state index contributed by atoms with van der Waals surface area (Å²) in [7, 11) is 1.63. The molecule has 0 radical (unpaired) electrons. The lowest BCUT2D eigenvalue weighted by molar-refractivity contribution is 0.414. The van der Waals surface area contributed by atoms with Crippen molar-refractivity contribution < 1.29 is 9.13 Å². The molecule has 2 heterocycles. The van der Waals surface area contributed by atoms with E-state index in [9.17, 15) is 4.39 Å². The molecule has 0 atom stereocenters. The maximum atomic E-state index is 14.7. The Kier molecular flexibility index (Phi) is 5.52. The number of hydrogen-bond acceptors (Lipinski definition) is 5. The van der Waals surface area contributed by atoms with E-state index in [0.29, 0.717) is 28.8 Å². The van der Waals surface area contributed by atoms with Crippen molar-refractivity contribution in [3.63, 3.8) is 0 Å². The van der Waals surface area contributed by atoms with Crippen molar-refractivity contribution in [3.05, 3.63) is 100.0 Å². The smallest absolute Gasteiger partial charge is 0.227 e. The SMILES string of the molecule is COc1cc(C)cc(Nc2ncc3c(n2)-c2ccc(Cl)cc2C(c2ccccc2F)=NC3)c1. The molecule has 1 aromatic heterocycles. The van der Waals surface area contributed by atoms with Crippen LogP contribution in [0, 0.1) is 12.7 Å². The van der Waals surface area contributed by atoms with E-state index < -0.39 is 0 Å². The Labute approximate surface area is 196 Å². The van der Waals surface area contributed by atoms with Gasteiger partial charge in [-0.25, -0.2) is 14.4 Å².